The maximum Gasteiger partial charge on any atom is 0.277 e. The van der Waals surface area contributed by atoms with E-state index in [1.54, 1.807) is 0 Å². The quantitative estimate of drug-likeness (QED) is 0.745. The maximum atomic E-state index is 10.6. The lowest BCUT2D eigenvalue weighted by molar-refractivity contribution is -0.304. The number of thioether (sulfide) groups is 1. The van der Waals surface area contributed by atoms with E-state index in [1.807, 2.05) is 30.3 Å². The molecular weight excluding hydrogens is 252 g/mol. The van der Waals surface area contributed by atoms with E-state index in [2.05, 4.69) is 10.2 Å². The van der Waals surface area contributed by atoms with Gasteiger partial charge in [0.15, 0.2) is 0 Å². The van der Waals surface area contributed by atoms with Gasteiger partial charge in [-0.15, -0.1) is 10.2 Å². The van der Waals surface area contributed by atoms with Crippen molar-refractivity contribution in [1.29, 1.82) is 0 Å². The summed E-state index contributed by atoms with van der Waals surface area (Å²) >= 11 is 0.981. The van der Waals surface area contributed by atoms with Crippen LogP contribution in [0.25, 0.3) is 0 Å². The van der Waals surface area contributed by atoms with Crippen LogP contribution < -0.4 is 5.11 Å². The van der Waals surface area contributed by atoms with Crippen LogP contribution in [0.4, 0.5) is 0 Å². The van der Waals surface area contributed by atoms with Crippen LogP contribution in [-0.2, 0) is 11.2 Å². The predicted octanol–water partition coefficient (Wildman–Crippen LogP) is 0.891. The molecule has 0 aliphatic heterocycles. The second kappa shape index (κ2) is 5.68. The number of carbonyl (C=O) groups excluding carboxylic acids is 1. The van der Waals surface area contributed by atoms with Gasteiger partial charge in [0.1, 0.15) is 0 Å². The average Bonchev–Trinajstić information content (AvgIpc) is 2.77. The Hall–Kier alpha value is -1.82. The van der Waals surface area contributed by atoms with Gasteiger partial charge < -0.3 is 14.3 Å². The van der Waals surface area contributed by atoms with Gasteiger partial charge in [-0.2, -0.15) is 0 Å². The highest BCUT2D eigenvalue weighted by Gasteiger charge is 2.12. The molecule has 0 N–H and O–H groups in total. The molecule has 18 heavy (non-hydrogen) atoms. The Bertz CT molecular complexity index is 527. The van der Waals surface area contributed by atoms with Gasteiger partial charge in [0.25, 0.3) is 5.22 Å². The number of rotatable bonds is 5. The van der Waals surface area contributed by atoms with Crippen LogP contribution in [0.5, 0.6) is 0 Å². The molecule has 0 aliphatic rings. The Morgan fingerprint density at radius 3 is 2.78 bits per heavy atom. The molecule has 0 aliphatic carbocycles. The third kappa shape index (κ3) is 3.33. The molecule has 0 spiro atoms. The molecule has 0 radical (unpaired) electrons. The minimum atomic E-state index is -1.15. The summed E-state index contributed by atoms with van der Waals surface area (Å²) < 4.78 is 5.36. The van der Waals surface area contributed by atoms with Crippen LogP contribution in [0.3, 0.4) is 0 Å². The van der Waals surface area contributed by atoms with E-state index in [-0.39, 0.29) is 5.22 Å². The van der Waals surface area contributed by atoms with Gasteiger partial charge in [0, 0.05) is 0 Å². The third-order valence-corrected chi connectivity index (χ3v) is 3.17. The first-order chi connectivity index (χ1) is 8.65. The molecule has 0 saturated carbocycles. The number of benzene rings is 1. The van der Waals surface area contributed by atoms with Crippen molar-refractivity contribution in [3.05, 3.63) is 41.8 Å². The number of carboxylic acid groups (broad SMARTS) is 1. The molecule has 0 amide bonds. The van der Waals surface area contributed by atoms with Crippen LogP contribution in [-0.4, -0.2) is 21.4 Å². The number of carboxylic acids is 1. The molecule has 94 valence electrons. The van der Waals surface area contributed by atoms with Crippen LogP contribution >= 0.6 is 11.8 Å². The van der Waals surface area contributed by atoms with Crippen LogP contribution in [0.2, 0.25) is 0 Å². The summed E-state index contributed by atoms with van der Waals surface area (Å²) in [6, 6.07) is 9.71. The van der Waals surface area contributed by atoms with Crippen molar-refractivity contribution in [2.45, 2.75) is 23.8 Å². The van der Waals surface area contributed by atoms with E-state index in [0.29, 0.717) is 12.3 Å². The summed E-state index contributed by atoms with van der Waals surface area (Å²) in [4.78, 5) is 10.6. The van der Waals surface area contributed by atoms with E-state index in [9.17, 15) is 9.90 Å². The highest BCUT2D eigenvalue weighted by molar-refractivity contribution is 8.00. The molecule has 6 heteroatoms. The summed E-state index contributed by atoms with van der Waals surface area (Å²) in [5, 5.41) is 17.8. The molecule has 5 nitrogen and oxygen atoms in total. The molecule has 1 aromatic carbocycles. The van der Waals surface area contributed by atoms with Crippen LogP contribution in [0.1, 0.15) is 18.4 Å². The zero-order chi connectivity index (χ0) is 13.0. The summed E-state index contributed by atoms with van der Waals surface area (Å²) in [6.07, 6.45) is 0.536. The molecule has 1 heterocycles. The maximum absolute atomic E-state index is 10.6. The molecule has 0 saturated heterocycles. The fourth-order valence-electron chi connectivity index (χ4n) is 1.33. The first kappa shape index (κ1) is 12.6. The van der Waals surface area contributed by atoms with Crippen molar-refractivity contribution in [3.8, 4) is 0 Å². The standard InChI is InChI=1S/C12H12N2O3S/c1-8(11(15)16)18-12-14-13-10(17-12)7-9-5-3-2-4-6-9/h2-6,8H,7H2,1H3,(H,15,16)/p-1/t8-/m0/s1. The number of nitrogens with zero attached hydrogens (tertiary/aromatic N) is 2. The topological polar surface area (TPSA) is 79.0 Å². The number of hydrogen-bond acceptors (Lipinski definition) is 6. The second-order valence-electron chi connectivity index (χ2n) is 3.70. The van der Waals surface area contributed by atoms with E-state index in [4.69, 9.17) is 4.42 Å². The molecule has 0 bridgehead atoms. The lowest BCUT2D eigenvalue weighted by atomic mass is 10.2. The van der Waals surface area contributed by atoms with Crippen molar-refractivity contribution in [2.75, 3.05) is 0 Å². The highest BCUT2D eigenvalue weighted by Crippen LogP contribution is 2.22. The lowest BCUT2D eigenvalue weighted by Crippen LogP contribution is -2.31. The van der Waals surface area contributed by atoms with Crippen molar-refractivity contribution in [3.63, 3.8) is 0 Å². The smallest absolute Gasteiger partial charge is 0.277 e. The lowest BCUT2D eigenvalue weighted by Gasteiger charge is -2.07. The minimum Gasteiger partial charge on any atom is -0.549 e. The number of carbonyl (C=O) groups is 1. The SMILES string of the molecule is C[C@H](Sc1nnc(Cc2ccccc2)o1)C(=O)[O-]. The Morgan fingerprint density at radius 2 is 2.11 bits per heavy atom. The zero-order valence-corrected chi connectivity index (χ0v) is 10.5. The van der Waals surface area contributed by atoms with Crippen molar-refractivity contribution in [1.82, 2.24) is 10.2 Å². The summed E-state index contributed by atoms with van der Waals surface area (Å²) in [7, 11) is 0. The molecular formula is C12H11N2O3S-. The van der Waals surface area contributed by atoms with Gasteiger partial charge in [-0.1, -0.05) is 42.1 Å². The molecule has 0 fully saturated rings. The van der Waals surface area contributed by atoms with Gasteiger partial charge >= 0.3 is 0 Å². The second-order valence-corrected chi connectivity index (χ2v) is 5.00. The van der Waals surface area contributed by atoms with Crippen molar-refractivity contribution in [2.24, 2.45) is 0 Å². The van der Waals surface area contributed by atoms with Crippen molar-refractivity contribution < 1.29 is 14.3 Å². The minimum absolute atomic E-state index is 0.248. The molecule has 1 aromatic heterocycles. The van der Waals surface area contributed by atoms with Crippen LogP contribution in [0.15, 0.2) is 40.0 Å². The van der Waals surface area contributed by atoms with Gasteiger partial charge in [0.05, 0.1) is 17.6 Å². The fraction of sp³-hybridized carbons (Fsp3) is 0.250. The van der Waals surface area contributed by atoms with E-state index in [1.165, 1.54) is 6.92 Å². The Labute approximate surface area is 108 Å². The average molecular weight is 263 g/mol. The summed E-state index contributed by atoms with van der Waals surface area (Å²) in [5.41, 5.74) is 1.06. The first-order valence-electron chi connectivity index (χ1n) is 5.39. The van der Waals surface area contributed by atoms with E-state index >= 15 is 0 Å². The normalized spacial score (nSPS) is 12.3. The Morgan fingerprint density at radius 1 is 1.39 bits per heavy atom. The van der Waals surface area contributed by atoms with Gasteiger partial charge in [-0.25, -0.2) is 0 Å². The number of aliphatic carboxylic acids is 1. The van der Waals surface area contributed by atoms with Gasteiger partial charge in [-0.05, 0) is 12.5 Å². The van der Waals surface area contributed by atoms with E-state index < -0.39 is 11.2 Å². The number of aromatic nitrogens is 2. The summed E-state index contributed by atoms with van der Waals surface area (Å²) in [6.45, 7) is 1.51. The number of hydrogen-bond donors (Lipinski definition) is 0. The molecule has 0 unspecified atom stereocenters. The molecule has 2 rings (SSSR count). The largest absolute Gasteiger partial charge is 0.549 e. The zero-order valence-electron chi connectivity index (χ0n) is 9.70. The monoisotopic (exact) mass is 263 g/mol. The predicted molar refractivity (Wildman–Crippen MR) is 63.9 cm³/mol. The van der Waals surface area contributed by atoms with Gasteiger partial charge in [0.2, 0.25) is 5.89 Å². The first-order valence-corrected chi connectivity index (χ1v) is 6.27. The Balaban J connectivity index is 2.00. The van der Waals surface area contributed by atoms with Gasteiger partial charge in [-0.3, -0.25) is 0 Å². The van der Waals surface area contributed by atoms with E-state index in [0.717, 1.165) is 17.3 Å². The fourth-order valence-corrected chi connectivity index (χ4v) is 1.96. The summed E-state index contributed by atoms with van der Waals surface area (Å²) in [5.74, 6) is -0.683. The van der Waals surface area contributed by atoms with Crippen LogP contribution in [0, 0.1) is 0 Å². The highest BCUT2D eigenvalue weighted by atomic mass is 32.2. The molecule has 1 atom stereocenters. The third-order valence-electron chi connectivity index (χ3n) is 2.26. The Kier molecular flexibility index (Phi) is 3.99. The van der Waals surface area contributed by atoms with Crippen molar-refractivity contribution >= 4 is 17.7 Å². The molecule has 2 aromatic rings.